The molecular formula is C15H20N4O2. The zero-order valence-electron chi connectivity index (χ0n) is 12.1. The molecule has 1 saturated heterocycles. The largest absolute Gasteiger partial charge is 0.325 e. The number of amides is 1. The number of likely N-dealkylation sites (tertiary alicyclic amines) is 1. The molecule has 0 saturated carbocycles. The quantitative estimate of drug-likeness (QED) is 0.803. The Morgan fingerprint density at radius 2 is 1.90 bits per heavy atom. The molecule has 0 aliphatic carbocycles. The summed E-state index contributed by atoms with van der Waals surface area (Å²) in [6.45, 7) is 3.91. The van der Waals surface area contributed by atoms with Gasteiger partial charge in [0.05, 0.1) is 17.1 Å². The Labute approximate surface area is 122 Å². The first-order valence-electron chi connectivity index (χ1n) is 7.40. The highest BCUT2D eigenvalue weighted by Crippen LogP contribution is 2.17. The lowest BCUT2D eigenvalue weighted by molar-refractivity contribution is -0.121. The van der Waals surface area contributed by atoms with Gasteiger partial charge in [0.15, 0.2) is 0 Å². The molecule has 0 spiro atoms. The predicted molar refractivity (Wildman–Crippen MR) is 82.4 cm³/mol. The van der Waals surface area contributed by atoms with Crippen LogP contribution in [-0.2, 0) is 4.79 Å². The second-order valence-corrected chi connectivity index (χ2v) is 5.60. The number of carbonyl (C=O) groups is 1. The van der Waals surface area contributed by atoms with Crippen LogP contribution < -0.4 is 11.0 Å². The van der Waals surface area contributed by atoms with Crippen molar-refractivity contribution in [3.8, 4) is 0 Å². The highest BCUT2D eigenvalue weighted by atomic mass is 16.2. The molecule has 6 nitrogen and oxygen atoms in total. The van der Waals surface area contributed by atoms with Crippen molar-refractivity contribution in [3.63, 3.8) is 0 Å². The number of H-pyrrole nitrogens is 2. The van der Waals surface area contributed by atoms with Gasteiger partial charge in [-0.2, -0.15) is 0 Å². The summed E-state index contributed by atoms with van der Waals surface area (Å²) < 4.78 is 0. The molecule has 112 valence electrons. The van der Waals surface area contributed by atoms with Crippen LogP contribution >= 0.6 is 0 Å². The Bertz CT molecular complexity index is 697. The second kappa shape index (κ2) is 5.73. The minimum atomic E-state index is -0.241. The van der Waals surface area contributed by atoms with Gasteiger partial charge in [-0.05, 0) is 51.1 Å². The summed E-state index contributed by atoms with van der Waals surface area (Å²) in [5, 5.41) is 2.92. The van der Waals surface area contributed by atoms with Crippen molar-refractivity contribution in [1.82, 2.24) is 14.9 Å². The third kappa shape index (κ3) is 3.00. The maximum atomic E-state index is 12.3. The average Bonchev–Trinajstić information content (AvgIpc) is 2.86. The van der Waals surface area contributed by atoms with E-state index in [4.69, 9.17) is 0 Å². The summed E-state index contributed by atoms with van der Waals surface area (Å²) in [6.07, 6.45) is 3.57. The maximum absolute atomic E-state index is 12.3. The molecule has 1 aromatic heterocycles. The summed E-state index contributed by atoms with van der Waals surface area (Å²) in [7, 11) is 0. The monoisotopic (exact) mass is 288 g/mol. The van der Waals surface area contributed by atoms with Gasteiger partial charge in [0.1, 0.15) is 0 Å². The van der Waals surface area contributed by atoms with Gasteiger partial charge in [-0.25, -0.2) is 4.79 Å². The maximum Gasteiger partial charge on any atom is 0.323 e. The van der Waals surface area contributed by atoms with Crippen LogP contribution in [0.15, 0.2) is 23.0 Å². The molecule has 3 N–H and O–H groups in total. The van der Waals surface area contributed by atoms with Crippen molar-refractivity contribution in [2.45, 2.75) is 32.2 Å². The molecule has 0 unspecified atom stereocenters. The highest BCUT2D eigenvalue weighted by Gasteiger charge is 2.22. The Morgan fingerprint density at radius 3 is 2.67 bits per heavy atom. The van der Waals surface area contributed by atoms with Crippen LogP contribution in [-0.4, -0.2) is 39.9 Å². The molecule has 0 radical (unpaired) electrons. The van der Waals surface area contributed by atoms with Gasteiger partial charge in [0, 0.05) is 5.69 Å². The standard InChI is InChI=1S/C15H20N4O2/c1-10(19-7-3-2-4-8-19)14(20)16-11-5-6-12-13(9-11)18-15(21)17-12/h5-6,9-10H,2-4,7-8H2,1H3,(H,16,20)(H2,17,18,21)/t10-/m1/s1. The average molecular weight is 288 g/mol. The lowest BCUT2D eigenvalue weighted by Crippen LogP contribution is -2.44. The lowest BCUT2D eigenvalue weighted by Gasteiger charge is -2.31. The van der Waals surface area contributed by atoms with Crippen LogP contribution in [0.3, 0.4) is 0 Å². The Balaban J connectivity index is 1.71. The Morgan fingerprint density at radius 1 is 1.19 bits per heavy atom. The van der Waals surface area contributed by atoms with Crippen molar-refractivity contribution in [1.29, 1.82) is 0 Å². The number of hydrogen-bond donors (Lipinski definition) is 3. The van der Waals surface area contributed by atoms with Gasteiger partial charge < -0.3 is 15.3 Å². The van der Waals surface area contributed by atoms with E-state index in [0.717, 1.165) is 31.4 Å². The van der Waals surface area contributed by atoms with Gasteiger partial charge in [-0.3, -0.25) is 9.69 Å². The number of rotatable bonds is 3. The third-order valence-corrected chi connectivity index (χ3v) is 4.10. The molecule has 21 heavy (non-hydrogen) atoms. The molecule has 1 aromatic carbocycles. The van der Waals surface area contributed by atoms with Crippen molar-refractivity contribution in [3.05, 3.63) is 28.7 Å². The minimum Gasteiger partial charge on any atom is -0.325 e. The van der Waals surface area contributed by atoms with Gasteiger partial charge in [-0.15, -0.1) is 0 Å². The molecule has 2 aromatic rings. The number of piperidine rings is 1. The predicted octanol–water partition coefficient (Wildman–Crippen LogP) is 1.67. The van der Waals surface area contributed by atoms with Gasteiger partial charge in [0.2, 0.25) is 5.91 Å². The van der Waals surface area contributed by atoms with Crippen molar-refractivity contribution >= 4 is 22.6 Å². The highest BCUT2D eigenvalue weighted by molar-refractivity contribution is 5.96. The molecule has 0 bridgehead atoms. The van der Waals surface area contributed by atoms with E-state index in [1.165, 1.54) is 6.42 Å². The van der Waals surface area contributed by atoms with Crippen molar-refractivity contribution in [2.75, 3.05) is 18.4 Å². The van der Waals surface area contributed by atoms with E-state index in [1.54, 1.807) is 18.2 Å². The zero-order chi connectivity index (χ0) is 14.8. The van der Waals surface area contributed by atoms with E-state index in [9.17, 15) is 9.59 Å². The van der Waals surface area contributed by atoms with E-state index in [1.807, 2.05) is 6.92 Å². The summed E-state index contributed by atoms with van der Waals surface area (Å²) in [4.78, 5) is 31.1. The fourth-order valence-electron chi connectivity index (χ4n) is 2.83. The van der Waals surface area contributed by atoms with E-state index in [0.29, 0.717) is 11.2 Å². The molecule has 1 atom stereocenters. The number of aromatic amines is 2. The number of carbonyl (C=O) groups excluding carboxylic acids is 1. The smallest absolute Gasteiger partial charge is 0.323 e. The van der Waals surface area contributed by atoms with E-state index >= 15 is 0 Å². The third-order valence-electron chi connectivity index (χ3n) is 4.10. The summed E-state index contributed by atoms with van der Waals surface area (Å²) in [6, 6.07) is 5.22. The first-order chi connectivity index (χ1) is 10.1. The molecule has 2 heterocycles. The molecule has 6 heteroatoms. The van der Waals surface area contributed by atoms with Crippen LogP contribution in [0.1, 0.15) is 26.2 Å². The number of anilines is 1. The van der Waals surface area contributed by atoms with Crippen LogP contribution in [0, 0.1) is 0 Å². The molecule has 3 rings (SSSR count). The fraction of sp³-hybridized carbons (Fsp3) is 0.467. The summed E-state index contributed by atoms with van der Waals surface area (Å²) in [5.41, 5.74) is 1.90. The van der Waals surface area contributed by atoms with Crippen molar-refractivity contribution in [2.24, 2.45) is 0 Å². The first-order valence-corrected chi connectivity index (χ1v) is 7.40. The lowest BCUT2D eigenvalue weighted by atomic mass is 10.1. The molecule has 1 fully saturated rings. The Kier molecular flexibility index (Phi) is 3.79. The van der Waals surface area contributed by atoms with Crippen molar-refractivity contribution < 1.29 is 4.79 Å². The van der Waals surface area contributed by atoms with E-state index in [-0.39, 0.29) is 17.6 Å². The Hall–Kier alpha value is -2.08. The van der Waals surface area contributed by atoms with Crippen LogP contribution in [0.2, 0.25) is 0 Å². The van der Waals surface area contributed by atoms with Crippen LogP contribution in [0.4, 0.5) is 5.69 Å². The molecule has 1 amide bonds. The molecular weight excluding hydrogens is 268 g/mol. The van der Waals surface area contributed by atoms with Crippen LogP contribution in [0.25, 0.3) is 11.0 Å². The number of nitrogens with one attached hydrogen (secondary N) is 3. The van der Waals surface area contributed by atoms with Crippen LogP contribution in [0.5, 0.6) is 0 Å². The van der Waals surface area contributed by atoms with Gasteiger partial charge in [0.25, 0.3) is 0 Å². The fourth-order valence-corrected chi connectivity index (χ4v) is 2.83. The molecule has 1 aliphatic rings. The number of hydrogen-bond acceptors (Lipinski definition) is 3. The minimum absolute atomic E-state index is 0.00543. The van der Waals surface area contributed by atoms with Gasteiger partial charge in [-0.1, -0.05) is 6.42 Å². The topological polar surface area (TPSA) is 81.0 Å². The normalized spacial score (nSPS) is 17.8. The zero-order valence-corrected chi connectivity index (χ0v) is 12.1. The number of imidazole rings is 1. The number of benzene rings is 1. The SMILES string of the molecule is C[C@H](C(=O)Nc1ccc2[nH]c(=O)[nH]c2c1)N1CCCCC1. The number of nitrogens with zero attached hydrogens (tertiary/aromatic N) is 1. The van der Waals surface area contributed by atoms with Gasteiger partial charge >= 0.3 is 5.69 Å². The summed E-state index contributed by atoms with van der Waals surface area (Å²) in [5.74, 6) is -0.00543. The van der Waals surface area contributed by atoms with E-state index < -0.39 is 0 Å². The number of aromatic nitrogens is 2. The summed E-state index contributed by atoms with van der Waals surface area (Å²) >= 11 is 0. The van der Waals surface area contributed by atoms with E-state index in [2.05, 4.69) is 20.2 Å². The molecule has 1 aliphatic heterocycles. The number of fused-ring (bicyclic) bond motifs is 1. The second-order valence-electron chi connectivity index (χ2n) is 5.60. The first kappa shape index (κ1) is 13.9.